The van der Waals surface area contributed by atoms with Crippen molar-refractivity contribution in [3.8, 4) is 0 Å². The molecule has 0 bridgehead atoms. The molecule has 0 nitrogen and oxygen atoms in total. The Morgan fingerprint density at radius 2 is 1.11 bits per heavy atom. The van der Waals surface area contributed by atoms with E-state index in [9.17, 15) is 0 Å². The molecule has 0 radical (unpaired) electrons. The number of hydrogen-bond donors (Lipinski definition) is 0. The quantitative estimate of drug-likeness (QED) is 0.524. The number of unbranched alkanes of at least 4 members (excludes halogenated alkanes) is 2. The van der Waals surface area contributed by atoms with Crippen LogP contribution in [0.15, 0.2) is 0 Å². The first kappa shape index (κ1) is 8.28. The van der Waals surface area contributed by atoms with Gasteiger partial charge in [-0.1, -0.05) is 0 Å². The van der Waals surface area contributed by atoms with Gasteiger partial charge in [-0.25, -0.2) is 0 Å². The van der Waals surface area contributed by atoms with E-state index in [1.807, 2.05) is 0 Å². The second-order valence-electron chi connectivity index (χ2n) is 14.2. The Morgan fingerprint density at radius 3 is 1.37 bits per heavy atom. The van der Waals surface area contributed by atoms with E-state index >= 15 is 0 Å². The molecule has 4 atom stereocenters. The van der Waals surface area contributed by atoms with Gasteiger partial charge in [-0.15, -0.1) is 0 Å². The third-order valence-electron chi connectivity index (χ3n) is 21.0. The Bertz CT molecular complexity index is 903. The van der Waals surface area contributed by atoms with E-state index in [2.05, 4.69) is 13.8 Å². The number of rotatable bonds is 6. The molecule has 103 valence electrons. The van der Waals surface area contributed by atoms with Crippen LogP contribution in [-0.4, -0.2) is 0 Å². The maximum absolute atomic E-state index is 3.15. The van der Waals surface area contributed by atoms with E-state index in [0.717, 1.165) is 0 Å². The van der Waals surface area contributed by atoms with Crippen LogP contribution in [0.4, 0.5) is 0 Å². The third kappa shape index (κ3) is 0.0906. The van der Waals surface area contributed by atoms with Crippen LogP contribution in [0.25, 0.3) is 0 Å². The molecule has 0 saturated carbocycles. The molecule has 10 aliphatic heterocycles. The summed E-state index contributed by atoms with van der Waals surface area (Å²) in [5.74, 6) is 0. The van der Waals surface area contributed by atoms with Crippen LogP contribution < -0.4 is 0 Å². The van der Waals surface area contributed by atoms with Crippen molar-refractivity contribution in [1.82, 2.24) is 0 Å². The molecule has 10 fully saturated rings. The van der Waals surface area contributed by atoms with Crippen molar-refractivity contribution in [3.05, 3.63) is 0 Å². The number of hydrogen-bond acceptors (Lipinski definition) is 0. The van der Waals surface area contributed by atoms with Gasteiger partial charge in [-0.3, -0.25) is 0 Å². The van der Waals surface area contributed by atoms with E-state index in [-0.39, 0.29) is 0 Å². The van der Waals surface area contributed by atoms with Gasteiger partial charge in [0.25, 0.3) is 0 Å². The molecule has 0 aliphatic carbocycles. The zero-order valence-electron chi connectivity index (χ0n) is 12.3. The molecule has 0 aromatic carbocycles. The zero-order chi connectivity index (χ0) is 12.2. The average molecular weight is 293 g/mol. The molecule has 10 saturated heterocycles. The van der Waals surface area contributed by atoms with E-state index in [1.54, 1.807) is 62.7 Å². The van der Waals surface area contributed by atoms with Crippen LogP contribution in [0.1, 0.15) is 52.4 Å². The molecule has 1 heteroatoms. The van der Waals surface area contributed by atoms with Crippen molar-refractivity contribution in [2.24, 2.45) is 0 Å². The standard InChI is InChI=1S/C13H21.C5H5.V/c1-3-5-8-12-10-7-11-13(12)9-6-4-2;1-2-4-5-3-1;/h7,10-11H,3-6,8-9H2,1-2H3;1-5H;. The summed E-state index contributed by atoms with van der Waals surface area (Å²) >= 11 is 0. The molecular formula is C18H26V. The van der Waals surface area contributed by atoms with E-state index in [0.29, 0.717) is 0 Å². The van der Waals surface area contributed by atoms with Crippen molar-refractivity contribution < 1.29 is 7.25 Å². The van der Waals surface area contributed by atoms with Crippen LogP contribution in [0, 0.1) is 0 Å². The van der Waals surface area contributed by atoms with Crippen molar-refractivity contribution >= 4 is 0 Å². The summed E-state index contributed by atoms with van der Waals surface area (Å²) in [5, 5.41) is 0. The summed E-state index contributed by atoms with van der Waals surface area (Å²) in [7, 11) is -3.15. The first-order valence-electron chi connectivity index (χ1n) is 9.79. The number of fused-ring (bicyclic) bond motifs is 10. The first-order chi connectivity index (χ1) is 9.06. The Morgan fingerprint density at radius 1 is 0.684 bits per heavy atom. The van der Waals surface area contributed by atoms with Gasteiger partial charge in [-0.05, 0) is 0 Å². The summed E-state index contributed by atoms with van der Waals surface area (Å²) in [6.45, 7) is 4.90. The van der Waals surface area contributed by atoms with Crippen LogP contribution in [0.3, 0.4) is 0 Å². The normalized spacial score (nSPS) is 112. The van der Waals surface area contributed by atoms with Crippen molar-refractivity contribution in [2.75, 3.05) is 0 Å². The van der Waals surface area contributed by atoms with Crippen molar-refractivity contribution in [2.45, 2.75) is 97.7 Å². The topological polar surface area (TPSA) is 0 Å². The van der Waals surface area contributed by atoms with E-state index in [4.69, 9.17) is 0 Å². The Hall–Kier alpha value is 0.584. The molecule has 0 N–H and O–H groups in total. The fourth-order valence-electron chi connectivity index (χ4n) is 25.1. The third-order valence-corrected chi connectivity index (χ3v) is 76.9. The second-order valence-corrected chi connectivity index (χ2v) is 43.9. The molecular weight excluding hydrogens is 267 g/mol. The molecule has 4 unspecified atom stereocenters. The van der Waals surface area contributed by atoms with Crippen LogP contribution >= 0.6 is 0 Å². The summed E-state index contributed by atoms with van der Waals surface area (Å²) in [5.41, 5.74) is 0. The van der Waals surface area contributed by atoms with Gasteiger partial charge < -0.3 is 0 Å². The minimum atomic E-state index is -3.15. The van der Waals surface area contributed by atoms with E-state index < -0.39 is 7.25 Å². The summed E-state index contributed by atoms with van der Waals surface area (Å²) in [4.78, 5) is 0. The fourth-order valence-corrected chi connectivity index (χ4v) is 134. The summed E-state index contributed by atoms with van der Waals surface area (Å²) in [6, 6.07) is 0. The van der Waals surface area contributed by atoms with Gasteiger partial charge >= 0.3 is 105 Å². The Labute approximate surface area is 105 Å². The molecule has 10 rings (SSSR count). The maximum atomic E-state index is 2.45. The Kier molecular flexibility index (Phi) is 0.326. The van der Waals surface area contributed by atoms with Crippen LogP contribution in [0.5, 0.6) is 0 Å². The van der Waals surface area contributed by atoms with Gasteiger partial charge in [0.15, 0.2) is 0 Å². The monoisotopic (exact) mass is 293 g/mol. The molecule has 1 spiro atoms. The predicted molar refractivity (Wildman–Crippen MR) is 74.4 cm³/mol. The zero-order valence-corrected chi connectivity index (χ0v) is 13.7. The molecule has 10 heterocycles. The molecule has 19 heavy (non-hydrogen) atoms. The van der Waals surface area contributed by atoms with Crippen molar-refractivity contribution in [1.29, 1.82) is 0 Å². The Balaban J connectivity index is 1.43. The second kappa shape index (κ2) is 0.749. The summed E-state index contributed by atoms with van der Waals surface area (Å²) < 4.78 is 14.9. The van der Waals surface area contributed by atoms with Gasteiger partial charge in [0.2, 0.25) is 0 Å². The molecule has 0 aromatic heterocycles. The molecule has 10 aliphatic rings. The van der Waals surface area contributed by atoms with Crippen molar-refractivity contribution in [3.63, 3.8) is 0 Å². The van der Waals surface area contributed by atoms with Gasteiger partial charge in [0.1, 0.15) is 0 Å². The average Bonchev–Trinajstić information content (AvgIpc) is 3.36. The van der Waals surface area contributed by atoms with Crippen LogP contribution in [0.2, 0.25) is 45.3 Å². The SMILES string of the molecule is CCCC[C]12[CH]3[CH]4[CH]5[C]1(CCCC)[V]43521678[CH]2[CH]1[CH]6[CH]7[CH]28. The van der Waals surface area contributed by atoms with Crippen LogP contribution in [-0.2, 0) is 7.25 Å². The predicted octanol–water partition coefficient (Wildman–Crippen LogP) is 6.50. The van der Waals surface area contributed by atoms with E-state index in [1.165, 1.54) is 21.1 Å². The fraction of sp³-hybridized carbons (Fsp3) is 1.00. The first-order valence-corrected chi connectivity index (χ1v) is 17.6. The van der Waals surface area contributed by atoms with Gasteiger partial charge in [-0.2, -0.15) is 0 Å². The minimum absolute atomic E-state index is 1.21. The molecule has 0 aromatic rings. The van der Waals surface area contributed by atoms with Gasteiger partial charge in [0.05, 0.1) is 0 Å². The van der Waals surface area contributed by atoms with Gasteiger partial charge in [0, 0.05) is 0 Å². The summed E-state index contributed by atoms with van der Waals surface area (Å²) in [6.07, 6.45) is 9.77. The molecule has 0 amide bonds.